The molecule has 2 amide bonds. The maximum atomic E-state index is 12.6. The second kappa shape index (κ2) is 7.22. The summed E-state index contributed by atoms with van der Waals surface area (Å²) in [5, 5.41) is 18.1. The molecule has 0 spiro atoms. The lowest BCUT2D eigenvalue weighted by Gasteiger charge is -2.21. The van der Waals surface area contributed by atoms with Crippen molar-refractivity contribution >= 4 is 87.5 Å². The maximum Gasteiger partial charge on any atom is 0.326 e. The van der Waals surface area contributed by atoms with E-state index in [4.69, 9.17) is 5.11 Å². The predicted molar refractivity (Wildman–Crippen MR) is 96.0 cm³/mol. The Balaban J connectivity index is 2.57. The molecule has 0 aliphatic carbocycles. The van der Waals surface area contributed by atoms with Crippen LogP contribution in [0, 0.1) is 0 Å². The van der Waals surface area contributed by atoms with Gasteiger partial charge in [-0.2, -0.15) is 0 Å². The van der Waals surface area contributed by atoms with E-state index < -0.39 is 36.2 Å². The highest BCUT2D eigenvalue weighted by molar-refractivity contribution is 9.15. The van der Waals surface area contributed by atoms with Gasteiger partial charge in [0, 0.05) is 24.3 Å². The zero-order valence-corrected chi connectivity index (χ0v) is 17.8. The van der Waals surface area contributed by atoms with Crippen LogP contribution in [0.1, 0.15) is 33.6 Å². The lowest BCUT2D eigenvalue weighted by atomic mass is 10.1. The normalized spacial score (nSPS) is 14.8. The Kier molecular flexibility index (Phi) is 5.88. The van der Waals surface area contributed by atoms with Crippen molar-refractivity contribution in [3.05, 3.63) is 29.0 Å². The Morgan fingerprint density at radius 1 is 0.875 bits per heavy atom. The standard InChI is InChI=1S/C13H7Br4NO6/c14-7-5-6(8(15)10(17)9(7)16)12(22)18(11(5)21)3(13(23)24)1-2-4(19)20/h3H,1-2H2,(H,19,20)(H,23,24)/t3-/m1/s1. The molecule has 1 heterocycles. The first-order chi connectivity index (χ1) is 11.1. The second-order valence-corrected chi connectivity index (χ2v) is 7.94. The van der Waals surface area contributed by atoms with Crippen molar-refractivity contribution in [1.82, 2.24) is 4.90 Å². The molecule has 0 unspecified atom stereocenters. The lowest BCUT2D eigenvalue weighted by molar-refractivity contribution is -0.142. The summed E-state index contributed by atoms with van der Waals surface area (Å²) in [6.07, 6.45) is -0.867. The fourth-order valence-electron chi connectivity index (χ4n) is 2.27. The Bertz CT molecular complexity index is 746. The summed E-state index contributed by atoms with van der Waals surface area (Å²) in [6.45, 7) is 0. The van der Waals surface area contributed by atoms with Crippen LogP contribution in [0.2, 0.25) is 0 Å². The van der Waals surface area contributed by atoms with Crippen LogP contribution in [0.25, 0.3) is 0 Å². The predicted octanol–water partition coefficient (Wildman–Crippen LogP) is 3.65. The molecule has 1 aliphatic rings. The van der Waals surface area contributed by atoms with E-state index in [9.17, 15) is 24.3 Å². The molecule has 128 valence electrons. The quantitative estimate of drug-likeness (QED) is 0.307. The van der Waals surface area contributed by atoms with Crippen LogP contribution in [0.15, 0.2) is 17.9 Å². The van der Waals surface area contributed by atoms with E-state index in [1.54, 1.807) is 0 Å². The van der Waals surface area contributed by atoms with Crippen molar-refractivity contribution in [2.45, 2.75) is 18.9 Å². The smallest absolute Gasteiger partial charge is 0.326 e. The van der Waals surface area contributed by atoms with Gasteiger partial charge in [-0.25, -0.2) is 4.79 Å². The number of carboxylic acids is 2. The van der Waals surface area contributed by atoms with Crippen LogP contribution < -0.4 is 0 Å². The minimum absolute atomic E-state index is 0.0172. The molecule has 7 nitrogen and oxygen atoms in total. The number of carbonyl (C=O) groups excluding carboxylic acids is 2. The summed E-state index contributed by atoms with van der Waals surface area (Å²) < 4.78 is 1.56. The van der Waals surface area contributed by atoms with Crippen molar-refractivity contribution in [2.75, 3.05) is 0 Å². The number of nitrogens with zero attached hydrogens (tertiary/aromatic N) is 1. The average molecular weight is 593 g/mol. The van der Waals surface area contributed by atoms with Crippen molar-refractivity contribution < 1.29 is 29.4 Å². The molecule has 1 atom stereocenters. The zero-order valence-electron chi connectivity index (χ0n) is 11.5. The average Bonchev–Trinajstić information content (AvgIpc) is 2.75. The highest BCUT2D eigenvalue weighted by Crippen LogP contribution is 2.45. The molecule has 0 fully saturated rings. The summed E-state index contributed by atoms with van der Waals surface area (Å²) in [7, 11) is 0. The SMILES string of the molecule is O=C(O)CC[C@H](C(=O)O)N1C(=O)c2c(Br)c(Br)c(Br)c(Br)c2C1=O. The van der Waals surface area contributed by atoms with Gasteiger partial charge in [0.25, 0.3) is 11.8 Å². The largest absolute Gasteiger partial charge is 0.481 e. The third-order valence-electron chi connectivity index (χ3n) is 3.36. The van der Waals surface area contributed by atoms with Gasteiger partial charge in [0.1, 0.15) is 6.04 Å². The van der Waals surface area contributed by atoms with Crippen LogP contribution in [-0.2, 0) is 9.59 Å². The minimum atomic E-state index is -1.56. The topological polar surface area (TPSA) is 112 Å². The number of imide groups is 1. The van der Waals surface area contributed by atoms with Gasteiger partial charge in [-0.3, -0.25) is 19.3 Å². The van der Waals surface area contributed by atoms with Gasteiger partial charge in [0.2, 0.25) is 0 Å². The third kappa shape index (κ3) is 3.18. The van der Waals surface area contributed by atoms with E-state index in [1.807, 2.05) is 0 Å². The van der Waals surface area contributed by atoms with Gasteiger partial charge in [0.05, 0.1) is 11.1 Å². The Morgan fingerprint density at radius 2 is 1.29 bits per heavy atom. The maximum absolute atomic E-state index is 12.6. The number of aliphatic carboxylic acids is 2. The number of rotatable bonds is 5. The highest BCUT2D eigenvalue weighted by atomic mass is 79.9. The van der Waals surface area contributed by atoms with Crippen LogP contribution in [-0.4, -0.2) is 44.9 Å². The molecule has 1 aromatic carbocycles. The molecule has 1 aromatic rings. The highest BCUT2D eigenvalue weighted by Gasteiger charge is 2.46. The van der Waals surface area contributed by atoms with Crippen molar-refractivity contribution in [1.29, 1.82) is 0 Å². The van der Waals surface area contributed by atoms with Crippen LogP contribution in [0.5, 0.6) is 0 Å². The van der Waals surface area contributed by atoms with Gasteiger partial charge in [-0.05, 0) is 70.1 Å². The van der Waals surface area contributed by atoms with Crippen LogP contribution >= 0.6 is 63.7 Å². The first-order valence-electron chi connectivity index (χ1n) is 6.28. The third-order valence-corrected chi connectivity index (χ3v) is 8.13. The van der Waals surface area contributed by atoms with Gasteiger partial charge in [0.15, 0.2) is 0 Å². The van der Waals surface area contributed by atoms with Gasteiger partial charge in [-0.1, -0.05) is 0 Å². The Morgan fingerprint density at radius 3 is 1.62 bits per heavy atom. The molecular formula is C13H7Br4NO6. The summed E-state index contributed by atoms with van der Waals surface area (Å²) in [6, 6.07) is -1.56. The number of amides is 2. The molecular weight excluding hydrogens is 586 g/mol. The molecule has 0 radical (unpaired) electrons. The number of hydrogen-bond acceptors (Lipinski definition) is 4. The lowest BCUT2D eigenvalue weighted by Crippen LogP contribution is -2.45. The van der Waals surface area contributed by atoms with E-state index in [1.165, 1.54) is 0 Å². The molecule has 0 bridgehead atoms. The number of hydrogen-bond donors (Lipinski definition) is 2. The zero-order chi connectivity index (χ0) is 18.3. The number of carboxylic acid groups (broad SMARTS) is 2. The Labute approximate surface area is 168 Å². The molecule has 0 saturated heterocycles. The molecule has 24 heavy (non-hydrogen) atoms. The summed E-state index contributed by atoms with van der Waals surface area (Å²) >= 11 is 13.0. The fourth-order valence-corrected chi connectivity index (χ4v) is 4.73. The fraction of sp³-hybridized carbons (Fsp3) is 0.231. The number of carbonyl (C=O) groups is 4. The molecule has 2 N–H and O–H groups in total. The van der Waals surface area contributed by atoms with Crippen LogP contribution in [0.3, 0.4) is 0 Å². The molecule has 0 saturated carbocycles. The number of fused-ring (bicyclic) bond motifs is 1. The molecule has 2 rings (SSSR count). The molecule has 11 heteroatoms. The van der Waals surface area contributed by atoms with Crippen LogP contribution in [0.4, 0.5) is 0 Å². The van der Waals surface area contributed by atoms with E-state index in [0.717, 1.165) is 0 Å². The summed E-state index contributed by atoms with van der Waals surface area (Å²) in [5.41, 5.74) is 0.0343. The molecule has 1 aliphatic heterocycles. The second-order valence-electron chi connectivity index (χ2n) is 4.77. The van der Waals surface area contributed by atoms with Gasteiger partial charge < -0.3 is 10.2 Å². The summed E-state index contributed by atoms with van der Waals surface area (Å²) in [5.74, 6) is -4.26. The van der Waals surface area contributed by atoms with Gasteiger partial charge in [-0.15, -0.1) is 0 Å². The van der Waals surface area contributed by atoms with E-state index in [2.05, 4.69) is 63.7 Å². The first kappa shape index (κ1) is 19.5. The minimum Gasteiger partial charge on any atom is -0.481 e. The van der Waals surface area contributed by atoms with E-state index in [-0.39, 0.29) is 17.5 Å². The summed E-state index contributed by atoms with van der Waals surface area (Å²) in [4.78, 5) is 48.0. The monoisotopic (exact) mass is 589 g/mol. The van der Waals surface area contributed by atoms with Gasteiger partial charge >= 0.3 is 11.9 Å². The van der Waals surface area contributed by atoms with E-state index in [0.29, 0.717) is 22.8 Å². The van der Waals surface area contributed by atoms with Crippen molar-refractivity contribution in [3.8, 4) is 0 Å². The van der Waals surface area contributed by atoms with Crippen molar-refractivity contribution in [3.63, 3.8) is 0 Å². The Hall–Kier alpha value is -0.780. The van der Waals surface area contributed by atoms with Crippen molar-refractivity contribution in [2.24, 2.45) is 0 Å². The number of benzene rings is 1. The number of halogens is 4. The van der Waals surface area contributed by atoms with E-state index >= 15 is 0 Å². The molecule has 0 aromatic heterocycles. The first-order valence-corrected chi connectivity index (χ1v) is 9.45.